The molecule has 1 aromatic carbocycles. The van der Waals surface area contributed by atoms with Gasteiger partial charge in [-0.3, -0.25) is 0 Å². The molecule has 1 heterocycles. The fourth-order valence-electron chi connectivity index (χ4n) is 1.83. The topological polar surface area (TPSA) is 30.5 Å². The van der Waals surface area contributed by atoms with Crippen molar-refractivity contribution in [2.75, 3.05) is 26.3 Å². The number of nitrogens with one attached hydrogen (secondary N) is 1. The Labute approximate surface area is 96.8 Å². The van der Waals surface area contributed by atoms with Gasteiger partial charge in [-0.05, 0) is 25.0 Å². The number of ether oxygens (including phenoxy) is 2. The van der Waals surface area contributed by atoms with Gasteiger partial charge >= 0.3 is 0 Å². The van der Waals surface area contributed by atoms with Crippen LogP contribution >= 0.6 is 0 Å². The lowest BCUT2D eigenvalue weighted by Gasteiger charge is -2.11. The Morgan fingerprint density at radius 2 is 2.19 bits per heavy atom. The van der Waals surface area contributed by atoms with E-state index in [1.165, 1.54) is 12.8 Å². The second-order valence-corrected chi connectivity index (χ2v) is 4.00. The minimum atomic E-state index is 0.414. The fourth-order valence-corrected chi connectivity index (χ4v) is 1.83. The lowest BCUT2D eigenvalue weighted by atomic mass is 10.2. The van der Waals surface area contributed by atoms with Crippen LogP contribution in [0.1, 0.15) is 12.8 Å². The number of rotatable bonds is 6. The van der Waals surface area contributed by atoms with E-state index >= 15 is 0 Å². The van der Waals surface area contributed by atoms with E-state index in [0.717, 1.165) is 25.4 Å². The molecule has 0 amide bonds. The predicted octanol–water partition coefficient (Wildman–Crippen LogP) is 1.83. The van der Waals surface area contributed by atoms with E-state index < -0.39 is 0 Å². The van der Waals surface area contributed by atoms with E-state index in [1.807, 2.05) is 30.3 Å². The summed E-state index contributed by atoms with van der Waals surface area (Å²) in [6.07, 6.45) is 2.80. The summed E-state index contributed by atoms with van der Waals surface area (Å²) in [7, 11) is 0. The smallest absolute Gasteiger partial charge is 0.119 e. The number of hydrogen-bond acceptors (Lipinski definition) is 3. The van der Waals surface area contributed by atoms with Gasteiger partial charge in [0.15, 0.2) is 0 Å². The first kappa shape index (κ1) is 11.4. The number of hydrogen-bond donors (Lipinski definition) is 1. The van der Waals surface area contributed by atoms with E-state index in [4.69, 9.17) is 9.47 Å². The molecule has 1 aliphatic rings. The van der Waals surface area contributed by atoms with Gasteiger partial charge in [-0.2, -0.15) is 0 Å². The van der Waals surface area contributed by atoms with Gasteiger partial charge < -0.3 is 14.8 Å². The molecule has 0 saturated carbocycles. The molecule has 16 heavy (non-hydrogen) atoms. The van der Waals surface area contributed by atoms with Gasteiger partial charge in [0.25, 0.3) is 0 Å². The zero-order valence-electron chi connectivity index (χ0n) is 9.52. The summed E-state index contributed by atoms with van der Waals surface area (Å²) in [4.78, 5) is 0. The molecular formula is C13H19NO2. The first-order valence-electron chi connectivity index (χ1n) is 5.95. The highest BCUT2D eigenvalue weighted by Gasteiger charge is 2.13. The summed E-state index contributed by atoms with van der Waals surface area (Å²) in [6, 6.07) is 9.90. The Morgan fingerprint density at radius 3 is 2.94 bits per heavy atom. The van der Waals surface area contributed by atoms with Crippen LogP contribution in [0, 0.1) is 0 Å². The van der Waals surface area contributed by atoms with Crippen LogP contribution in [0.15, 0.2) is 30.3 Å². The van der Waals surface area contributed by atoms with Gasteiger partial charge in [0, 0.05) is 19.7 Å². The van der Waals surface area contributed by atoms with Crippen molar-refractivity contribution in [3.05, 3.63) is 30.3 Å². The van der Waals surface area contributed by atoms with Gasteiger partial charge in [0.1, 0.15) is 12.4 Å². The van der Waals surface area contributed by atoms with Crippen LogP contribution in [0.3, 0.4) is 0 Å². The summed E-state index contributed by atoms with van der Waals surface area (Å²) in [6.45, 7) is 3.44. The van der Waals surface area contributed by atoms with Crippen molar-refractivity contribution in [3.63, 3.8) is 0 Å². The summed E-state index contributed by atoms with van der Waals surface area (Å²) in [5.74, 6) is 0.932. The Bertz CT molecular complexity index is 283. The van der Waals surface area contributed by atoms with Crippen molar-refractivity contribution in [3.8, 4) is 5.75 Å². The second-order valence-electron chi connectivity index (χ2n) is 4.00. The van der Waals surface area contributed by atoms with Crippen molar-refractivity contribution in [2.24, 2.45) is 0 Å². The van der Waals surface area contributed by atoms with Crippen LogP contribution in [-0.2, 0) is 4.74 Å². The Kier molecular flexibility index (Phi) is 4.65. The van der Waals surface area contributed by atoms with Crippen LogP contribution in [0.2, 0.25) is 0 Å². The van der Waals surface area contributed by atoms with Gasteiger partial charge in [-0.25, -0.2) is 0 Å². The summed E-state index contributed by atoms with van der Waals surface area (Å²) >= 11 is 0. The standard InChI is InChI=1S/C13H19NO2/c1-2-5-12(6-3-1)16-10-8-14-11-13-7-4-9-15-13/h1-3,5-6,13-14H,4,7-11H2/t13-/m0/s1. The third kappa shape index (κ3) is 3.83. The lowest BCUT2D eigenvalue weighted by Crippen LogP contribution is -2.29. The Morgan fingerprint density at radius 1 is 1.31 bits per heavy atom. The average Bonchev–Trinajstić information content (AvgIpc) is 2.83. The van der Waals surface area contributed by atoms with E-state index in [1.54, 1.807) is 0 Å². The maximum atomic E-state index is 5.57. The van der Waals surface area contributed by atoms with Crippen molar-refractivity contribution >= 4 is 0 Å². The van der Waals surface area contributed by atoms with Gasteiger partial charge in [0.2, 0.25) is 0 Å². The molecule has 1 atom stereocenters. The quantitative estimate of drug-likeness (QED) is 0.743. The number of para-hydroxylation sites is 1. The molecule has 1 saturated heterocycles. The predicted molar refractivity (Wildman–Crippen MR) is 63.8 cm³/mol. The molecule has 0 unspecified atom stereocenters. The van der Waals surface area contributed by atoms with Gasteiger partial charge in [-0.15, -0.1) is 0 Å². The van der Waals surface area contributed by atoms with Crippen LogP contribution < -0.4 is 10.1 Å². The van der Waals surface area contributed by atoms with E-state index in [-0.39, 0.29) is 0 Å². The fraction of sp³-hybridized carbons (Fsp3) is 0.538. The van der Waals surface area contributed by atoms with Gasteiger partial charge in [-0.1, -0.05) is 18.2 Å². The second kappa shape index (κ2) is 6.51. The highest BCUT2D eigenvalue weighted by atomic mass is 16.5. The van der Waals surface area contributed by atoms with Crippen LogP contribution in [0.5, 0.6) is 5.75 Å². The van der Waals surface area contributed by atoms with Crippen LogP contribution in [0.4, 0.5) is 0 Å². The summed E-state index contributed by atoms with van der Waals surface area (Å²) in [5, 5.41) is 3.35. The molecule has 1 aromatic rings. The molecule has 1 N–H and O–H groups in total. The van der Waals surface area contributed by atoms with Crippen molar-refractivity contribution in [2.45, 2.75) is 18.9 Å². The number of benzene rings is 1. The SMILES string of the molecule is c1ccc(OCCNC[C@@H]2CCCO2)cc1. The molecule has 1 aliphatic heterocycles. The molecule has 0 aliphatic carbocycles. The molecule has 1 fully saturated rings. The summed E-state index contributed by atoms with van der Waals surface area (Å²) in [5.41, 5.74) is 0. The molecule has 2 rings (SSSR count). The lowest BCUT2D eigenvalue weighted by molar-refractivity contribution is 0.109. The molecule has 88 valence electrons. The Balaban J connectivity index is 1.52. The largest absolute Gasteiger partial charge is 0.492 e. The average molecular weight is 221 g/mol. The molecular weight excluding hydrogens is 202 g/mol. The van der Waals surface area contributed by atoms with Crippen molar-refractivity contribution in [1.29, 1.82) is 0 Å². The van der Waals surface area contributed by atoms with Crippen LogP contribution in [-0.4, -0.2) is 32.4 Å². The monoisotopic (exact) mass is 221 g/mol. The zero-order chi connectivity index (χ0) is 11.1. The first-order valence-corrected chi connectivity index (χ1v) is 5.95. The molecule has 0 radical (unpaired) electrons. The highest BCUT2D eigenvalue weighted by Crippen LogP contribution is 2.10. The minimum absolute atomic E-state index is 0.414. The normalized spacial score (nSPS) is 19.9. The molecule has 0 bridgehead atoms. The van der Waals surface area contributed by atoms with E-state index in [9.17, 15) is 0 Å². The highest BCUT2D eigenvalue weighted by molar-refractivity contribution is 5.20. The molecule has 3 nitrogen and oxygen atoms in total. The Hall–Kier alpha value is -1.06. The zero-order valence-corrected chi connectivity index (χ0v) is 9.52. The maximum absolute atomic E-state index is 5.57. The van der Waals surface area contributed by atoms with Crippen molar-refractivity contribution < 1.29 is 9.47 Å². The van der Waals surface area contributed by atoms with Crippen LogP contribution in [0.25, 0.3) is 0 Å². The maximum Gasteiger partial charge on any atom is 0.119 e. The van der Waals surface area contributed by atoms with E-state index in [0.29, 0.717) is 12.7 Å². The van der Waals surface area contributed by atoms with E-state index in [2.05, 4.69) is 5.32 Å². The minimum Gasteiger partial charge on any atom is -0.492 e. The third-order valence-corrected chi connectivity index (χ3v) is 2.69. The molecule has 3 heteroatoms. The summed E-state index contributed by atoms with van der Waals surface area (Å²) < 4.78 is 11.1. The van der Waals surface area contributed by atoms with Gasteiger partial charge in [0.05, 0.1) is 6.10 Å². The third-order valence-electron chi connectivity index (χ3n) is 2.69. The molecule has 0 aromatic heterocycles. The molecule has 0 spiro atoms. The van der Waals surface area contributed by atoms with Crippen molar-refractivity contribution in [1.82, 2.24) is 5.32 Å². The first-order chi connectivity index (χ1) is 7.95.